The van der Waals surface area contributed by atoms with Gasteiger partial charge in [0.2, 0.25) is 0 Å². The molecule has 1 atom stereocenters. The first-order valence-electron chi connectivity index (χ1n) is 4.37. The van der Waals surface area contributed by atoms with Gasteiger partial charge in [-0.05, 0) is 16.7 Å². The minimum atomic E-state index is -0.963. The van der Waals surface area contributed by atoms with Crippen LogP contribution < -0.4 is 5.73 Å². The average Bonchev–Trinajstić information content (AvgIpc) is 2.63. The largest absolute Gasteiger partial charge is 0.480 e. The van der Waals surface area contributed by atoms with Crippen molar-refractivity contribution in [1.29, 1.82) is 0 Å². The lowest BCUT2D eigenvalue weighted by atomic mass is 9.98. The molecular weight excluding hydrogens is 198 g/mol. The number of hydrogen-bond donors (Lipinski definition) is 2. The SMILES string of the molecule is NC(C(=O)O)c1cccc2c1CSC2. The zero-order chi connectivity index (χ0) is 10.1. The minimum absolute atomic E-state index is 0.764. The van der Waals surface area contributed by atoms with Crippen LogP contribution in [0, 0.1) is 0 Å². The monoisotopic (exact) mass is 209 g/mol. The van der Waals surface area contributed by atoms with Gasteiger partial charge in [-0.2, -0.15) is 11.8 Å². The van der Waals surface area contributed by atoms with E-state index < -0.39 is 12.0 Å². The third-order valence-electron chi connectivity index (χ3n) is 2.41. The molecule has 0 saturated heterocycles. The molecule has 0 aliphatic carbocycles. The summed E-state index contributed by atoms with van der Waals surface area (Å²) in [5.41, 5.74) is 8.71. The molecule has 4 heteroatoms. The number of aliphatic carboxylic acids is 1. The van der Waals surface area contributed by atoms with Crippen LogP contribution in [0.25, 0.3) is 0 Å². The van der Waals surface area contributed by atoms with Crippen LogP contribution in [0.4, 0.5) is 0 Å². The molecule has 3 N–H and O–H groups in total. The number of carboxylic acids is 1. The Morgan fingerprint density at radius 3 is 3.00 bits per heavy atom. The van der Waals surface area contributed by atoms with Gasteiger partial charge in [0.05, 0.1) is 0 Å². The molecule has 2 rings (SSSR count). The first kappa shape index (κ1) is 9.55. The number of benzene rings is 1. The molecule has 1 heterocycles. The molecule has 1 aromatic carbocycles. The smallest absolute Gasteiger partial charge is 0.325 e. The summed E-state index contributed by atoms with van der Waals surface area (Å²) in [6, 6.07) is 4.84. The molecular formula is C10H11NO2S. The van der Waals surface area contributed by atoms with Crippen molar-refractivity contribution in [1.82, 2.24) is 0 Å². The number of fused-ring (bicyclic) bond motifs is 1. The van der Waals surface area contributed by atoms with Gasteiger partial charge in [0.1, 0.15) is 6.04 Å². The normalized spacial score (nSPS) is 16.4. The van der Waals surface area contributed by atoms with E-state index in [-0.39, 0.29) is 0 Å². The third kappa shape index (κ3) is 1.51. The van der Waals surface area contributed by atoms with Crippen molar-refractivity contribution >= 4 is 17.7 Å². The lowest BCUT2D eigenvalue weighted by molar-refractivity contribution is -0.138. The fourth-order valence-corrected chi connectivity index (χ4v) is 2.80. The Kier molecular flexibility index (Phi) is 2.48. The number of thioether (sulfide) groups is 1. The van der Waals surface area contributed by atoms with Crippen molar-refractivity contribution in [3.8, 4) is 0 Å². The molecule has 1 aliphatic rings. The first-order chi connectivity index (χ1) is 6.70. The zero-order valence-corrected chi connectivity index (χ0v) is 8.38. The highest BCUT2D eigenvalue weighted by Gasteiger charge is 2.22. The van der Waals surface area contributed by atoms with E-state index in [9.17, 15) is 4.79 Å². The van der Waals surface area contributed by atoms with Crippen molar-refractivity contribution in [3.63, 3.8) is 0 Å². The second kappa shape index (κ2) is 3.63. The highest BCUT2D eigenvalue weighted by molar-refractivity contribution is 7.98. The van der Waals surface area contributed by atoms with Crippen LogP contribution in [0.1, 0.15) is 22.7 Å². The maximum absolute atomic E-state index is 10.8. The maximum Gasteiger partial charge on any atom is 0.325 e. The van der Waals surface area contributed by atoms with Crippen LogP contribution in [0.2, 0.25) is 0 Å². The van der Waals surface area contributed by atoms with Gasteiger partial charge < -0.3 is 10.8 Å². The molecule has 0 saturated carbocycles. The van der Waals surface area contributed by atoms with Gasteiger partial charge in [-0.1, -0.05) is 18.2 Å². The Labute approximate surface area is 86.3 Å². The topological polar surface area (TPSA) is 63.3 Å². The number of hydrogen-bond acceptors (Lipinski definition) is 3. The van der Waals surface area contributed by atoms with Crippen LogP contribution in [0.3, 0.4) is 0 Å². The highest BCUT2D eigenvalue weighted by atomic mass is 32.2. The highest BCUT2D eigenvalue weighted by Crippen LogP contribution is 2.34. The lowest BCUT2D eigenvalue weighted by Crippen LogP contribution is -2.21. The first-order valence-corrected chi connectivity index (χ1v) is 5.52. The maximum atomic E-state index is 10.8. The minimum Gasteiger partial charge on any atom is -0.480 e. The summed E-state index contributed by atoms with van der Waals surface area (Å²) < 4.78 is 0. The molecule has 1 aliphatic heterocycles. The third-order valence-corrected chi connectivity index (χ3v) is 3.42. The van der Waals surface area contributed by atoms with Gasteiger partial charge in [-0.25, -0.2) is 0 Å². The summed E-state index contributed by atoms with van der Waals surface area (Å²) in [6.45, 7) is 0. The van der Waals surface area contributed by atoms with Crippen molar-refractivity contribution in [3.05, 3.63) is 34.9 Å². The van der Waals surface area contributed by atoms with Gasteiger partial charge in [0.25, 0.3) is 0 Å². The van der Waals surface area contributed by atoms with Crippen LogP contribution >= 0.6 is 11.8 Å². The number of carboxylic acid groups (broad SMARTS) is 1. The number of carbonyl (C=O) groups is 1. The summed E-state index contributed by atoms with van der Waals surface area (Å²) in [5.74, 6) is 0.887. The Morgan fingerprint density at radius 2 is 2.29 bits per heavy atom. The number of rotatable bonds is 2. The molecule has 0 aromatic heterocycles. The van der Waals surface area contributed by atoms with E-state index >= 15 is 0 Å². The van der Waals surface area contributed by atoms with Crippen LogP contribution in [0.15, 0.2) is 18.2 Å². The predicted octanol–water partition coefficient (Wildman–Crippen LogP) is 1.52. The van der Waals surface area contributed by atoms with Gasteiger partial charge >= 0.3 is 5.97 Å². The molecule has 0 bridgehead atoms. The fraction of sp³-hybridized carbons (Fsp3) is 0.300. The van der Waals surface area contributed by atoms with E-state index in [4.69, 9.17) is 10.8 Å². The van der Waals surface area contributed by atoms with Crippen molar-refractivity contribution in [2.24, 2.45) is 5.73 Å². The van der Waals surface area contributed by atoms with Crippen molar-refractivity contribution < 1.29 is 9.90 Å². The Hall–Kier alpha value is -1.00. The standard InChI is InChI=1S/C10H11NO2S/c11-9(10(12)13)7-3-1-2-6-4-14-5-8(6)7/h1-3,9H,4-5,11H2,(H,12,13). The van der Waals surface area contributed by atoms with Gasteiger partial charge in [-0.15, -0.1) is 0 Å². The van der Waals surface area contributed by atoms with E-state index in [1.54, 1.807) is 11.8 Å². The second-order valence-electron chi connectivity index (χ2n) is 3.29. The fourth-order valence-electron chi connectivity index (χ4n) is 1.65. The molecule has 14 heavy (non-hydrogen) atoms. The summed E-state index contributed by atoms with van der Waals surface area (Å²) in [5, 5.41) is 8.83. The van der Waals surface area contributed by atoms with Gasteiger partial charge in [0, 0.05) is 11.5 Å². The van der Waals surface area contributed by atoms with E-state index in [1.165, 1.54) is 5.56 Å². The molecule has 1 unspecified atom stereocenters. The van der Waals surface area contributed by atoms with E-state index in [0.717, 1.165) is 22.6 Å². The summed E-state index contributed by atoms with van der Waals surface area (Å²) in [7, 11) is 0. The van der Waals surface area contributed by atoms with Gasteiger partial charge in [-0.3, -0.25) is 4.79 Å². The number of nitrogens with two attached hydrogens (primary N) is 1. The molecule has 74 valence electrons. The van der Waals surface area contributed by atoms with Crippen molar-refractivity contribution in [2.75, 3.05) is 0 Å². The van der Waals surface area contributed by atoms with Crippen LogP contribution in [-0.4, -0.2) is 11.1 Å². The second-order valence-corrected chi connectivity index (χ2v) is 4.28. The Morgan fingerprint density at radius 1 is 1.50 bits per heavy atom. The van der Waals surface area contributed by atoms with E-state index in [0.29, 0.717) is 0 Å². The molecule has 0 radical (unpaired) electrons. The quantitative estimate of drug-likeness (QED) is 0.775. The molecule has 0 fully saturated rings. The Balaban J connectivity index is 2.44. The summed E-state index contributed by atoms with van der Waals surface area (Å²) >= 11 is 1.80. The van der Waals surface area contributed by atoms with Crippen LogP contribution in [-0.2, 0) is 16.3 Å². The zero-order valence-electron chi connectivity index (χ0n) is 7.56. The van der Waals surface area contributed by atoms with Crippen molar-refractivity contribution in [2.45, 2.75) is 17.5 Å². The average molecular weight is 209 g/mol. The summed E-state index contributed by atoms with van der Waals surface area (Å²) in [6.07, 6.45) is 0. The molecule has 1 aromatic rings. The van der Waals surface area contributed by atoms with Gasteiger partial charge in [0.15, 0.2) is 0 Å². The molecule has 0 amide bonds. The molecule has 3 nitrogen and oxygen atoms in total. The lowest BCUT2D eigenvalue weighted by Gasteiger charge is -2.11. The molecule has 0 spiro atoms. The van der Waals surface area contributed by atoms with Crippen LogP contribution in [0.5, 0.6) is 0 Å². The van der Waals surface area contributed by atoms with E-state index in [1.807, 2.05) is 18.2 Å². The van der Waals surface area contributed by atoms with E-state index in [2.05, 4.69) is 0 Å². The predicted molar refractivity (Wildman–Crippen MR) is 56.0 cm³/mol. The summed E-state index contributed by atoms with van der Waals surface area (Å²) in [4.78, 5) is 10.8. The Bertz CT molecular complexity index is 378.